The number of hydrogen-bond acceptors (Lipinski definition) is 8. The first-order chi connectivity index (χ1) is 26.6. The monoisotopic (exact) mass is 770 g/mol. The van der Waals surface area contributed by atoms with Crippen LogP contribution in [-0.2, 0) is 32.0 Å². The Hall–Kier alpha value is -5.86. The summed E-state index contributed by atoms with van der Waals surface area (Å²) in [6, 6.07) is 15.0. The molecule has 0 bridgehead atoms. The van der Waals surface area contributed by atoms with Crippen LogP contribution in [0, 0.1) is 5.92 Å². The van der Waals surface area contributed by atoms with Gasteiger partial charge in [-0.25, -0.2) is 23.4 Å². The van der Waals surface area contributed by atoms with Crippen molar-refractivity contribution >= 4 is 29.7 Å². The highest BCUT2D eigenvalue weighted by atomic mass is 19.3. The maximum Gasteiger partial charge on any atom is 0.411 e. The molecule has 7 rings (SSSR count). The van der Waals surface area contributed by atoms with Crippen LogP contribution in [0.1, 0.15) is 79.4 Å². The smallest absolute Gasteiger partial charge is 0.411 e. The summed E-state index contributed by atoms with van der Waals surface area (Å²) in [6.07, 6.45) is 2.66. The topological polar surface area (TPSA) is 165 Å². The van der Waals surface area contributed by atoms with E-state index >= 15 is 0 Å². The van der Waals surface area contributed by atoms with Gasteiger partial charge in [0.2, 0.25) is 5.91 Å². The fraction of sp³-hybridized carbons (Fsp3) is 0.415. The molecule has 1 saturated heterocycles. The first-order valence-electron chi connectivity index (χ1n) is 18.6. The first kappa shape index (κ1) is 38.4. The number of H-pyrrole nitrogens is 1. The number of ketones is 2. The van der Waals surface area contributed by atoms with Gasteiger partial charge in [-0.2, -0.15) is 0 Å². The predicted octanol–water partition coefficient (Wildman–Crippen LogP) is 6.20. The Morgan fingerprint density at radius 1 is 1.00 bits per heavy atom. The van der Waals surface area contributed by atoms with Crippen molar-refractivity contribution in [3.05, 3.63) is 89.6 Å². The zero-order valence-corrected chi connectivity index (χ0v) is 31.6. The molecule has 1 unspecified atom stereocenters. The second-order valence-corrected chi connectivity index (χ2v) is 15.7. The molecule has 4 heterocycles. The van der Waals surface area contributed by atoms with Crippen LogP contribution < -0.4 is 10.6 Å². The highest BCUT2D eigenvalue weighted by Crippen LogP contribution is 2.42. The summed E-state index contributed by atoms with van der Waals surface area (Å²) in [5, 5.41) is 5.52. The number of aromatic amines is 1. The minimum absolute atomic E-state index is 0.0215. The molecule has 4 aromatic rings. The molecule has 15 heteroatoms. The van der Waals surface area contributed by atoms with E-state index in [9.17, 15) is 32.8 Å². The molecule has 13 nitrogen and oxygen atoms in total. The number of methoxy groups -OCH3 is 1. The third-order valence-corrected chi connectivity index (χ3v) is 10.6. The lowest BCUT2D eigenvalue weighted by Crippen LogP contribution is -2.45. The normalized spacial score (nSPS) is 21.5. The number of imidazole rings is 1. The van der Waals surface area contributed by atoms with Gasteiger partial charge in [0.1, 0.15) is 17.2 Å². The fourth-order valence-corrected chi connectivity index (χ4v) is 7.87. The van der Waals surface area contributed by atoms with E-state index in [1.54, 1.807) is 51.2 Å². The van der Waals surface area contributed by atoms with Crippen molar-refractivity contribution in [3.8, 4) is 22.4 Å². The minimum atomic E-state index is -3.08. The van der Waals surface area contributed by atoms with E-state index in [0.717, 1.165) is 32.8 Å². The summed E-state index contributed by atoms with van der Waals surface area (Å²) in [4.78, 5) is 73.2. The van der Waals surface area contributed by atoms with Gasteiger partial charge in [-0.1, -0.05) is 48.5 Å². The number of benzene rings is 2. The zero-order valence-electron chi connectivity index (χ0n) is 31.6. The largest absolute Gasteiger partial charge is 0.453 e. The van der Waals surface area contributed by atoms with Crippen LogP contribution in [0.25, 0.3) is 22.4 Å². The lowest BCUT2D eigenvalue weighted by atomic mass is 9.79. The van der Waals surface area contributed by atoms with Gasteiger partial charge < -0.3 is 29.7 Å². The van der Waals surface area contributed by atoms with E-state index in [1.165, 1.54) is 7.11 Å². The number of nitrogens with one attached hydrogen (secondary N) is 3. The van der Waals surface area contributed by atoms with E-state index in [0.29, 0.717) is 24.1 Å². The lowest BCUT2D eigenvalue weighted by Gasteiger charge is -2.31. The summed E-state index contributed by atoms with van der Waals surface area (Å²) in [5.41, 5.74) is 4.48. The minimum Gasteiger partial charge on any atom is -0.453 e. The summed E-state index contributed by atoms with van der Waals surface area (Å²) < 4.78 is 41.0. The van der Waals surface area contributed by atoms with Crippen molar-refractivity contribution in [2.24, 2.45) is 5.92 Å². The van der Waals surface area contributed by atoms with Gasteiger partial charge in [0, 0.05) is 42.9 Å². The van der Waals surface area contributed by atoms with E-state index in [2.05, 4.69) is 20.6 Å². The van der Waals surface area contributed by atoms with Crippen LogP contribution >= 0.6 is 0 Å². The molecular weight excluding hydrogens is 726 g/mol. The van der Waals surface area contributed by atoms with Gasteiger partial charge in [-0.15, -0.1) is 0 Å². The van der Waals surface area contributed by atoms with Crippen molar-refractivity contribution in [2.75, 3.05) is 20.2 Å². The number of halogens is 2. The SMILES string of the molecule is COC(=O)N[C@H]1CCc2ccn3c2C1C(=O)C[C@H](C(=O)NCC(=O)c1ccc(-c2ccc(-c4cnc([C@@H]5CC(F)(F)CN5C(=O)OC(C)(C)C)[nH]4)cc2)cc1)C3. The number of carbonyl (C=O) groups is 5. The van der Waals surface area contributed by atoms with Gasteiger partial charge >= 0.3 is 12.2 Å². The summed E-state index contributed by atoms with van der Waals surface area (Å²) in [6.45, 7) is 4.32. The summed E-state index contributed by atoms with van der Waals surface area (Å²) >= 11 is 0. The quantitative estimate of drug-likeness (QED) is 0.178. The van der Waals surface area contributed by atoms with Crippen molar-refractivity contribution in [1.29, 1.82) is 0 Å². The highest BCUT2D eigenvalue weighted by molar-refractivity contribution is 6.00. The number of hydrogen-bond donors (Lipinski definition) is 3. The molecule has 0 spiro atoms. The average Bonchev–Trinajstić information content (AvgIpc) is 3.87. The molecule has 3 amide bonds. The third-order valence-electron chi connectivity index (χ3n) is 10.6. The average molecular weight is 771 g/mol. The van der Waals surface area contributed by atoms with Crippen molar-refractivity contribution in [3.63, 3.8) is 0 Å². The highest BCUT2D eigenvalue weighted by Gasteiger charge is 2.50. The van der Waals surface area contributed by atoms with E-state index in [4.69, 9.17) is 9.47 Å². The number of ether oxygens (including phenoxy) is 2. The molecule has 3 aliphatic rings. The Labute approximate surface area is 322 Å². The van der Waals surface area contributed by atoms with Gasteiger partial charge in [0.05, 0.1) is 50.0 Å². The molecular formula is C41H44F2N6O7. The molecule has 294 valence electrons. The molecule has 2 aliphatic heterocycles. The molecule has 0 saturated carbocycles. The van der Waals surface area contributed by atoms with Crippen LogP contribution in [0.3, 0.4) is 0 Å². The number of amides is 3. The second-order valence-electron chi connectivity index (χ2n) is 15.7. The molecule has 0 radical (unpaired) electrons. The number of nitrogens with zero attached hydrogens (tertiary/aromatic N) is 3. The summed E-state index contributed by atoms with van der Waals surface area (Å²) in [5.74, 6) is -4.93. The molecule has 4 atom stereocenters. The van der Waals surface area contributed by atoms with E-state index in [1.807, 2.05) is 41.1 Å². The summed E-state index contributed by atoms with van der Waals surface area (Å²) in [7, 11) is 1.27. The van der Waals surface area contributed by atoms with Crippen LogP contribution in [0.5, 0.6) is 0 Å². The molecule has 56 heavy (non-hydrogen) atoms. The molecule has 1 aliphatic carbocycles. The fourth-order valence-electron chi connectivity index (χ4n) is 7.87. The predicted molar refractivity (Wildman–Crippen MR) is 200 cm³/mol. The number of rotatable bonds is 8. The number of alkyl halides is 2. The van der Waals surface area contributed by atoms with Crippen LogP contribution in [0.15, 0.2) is 67.0 Å². The standard InChI is InChI=1S/C41H44F2N6O7/c1-40(2,3)56-39(54)49-22-41(42,43)18-31(49)36-44-19-30(46-36)25-9-5-23(6-10-25)24-7-11-26(12-8-24)33(51)20-45-37(52)28-17-32(50)34-29(47-38(53)55-4)14-13-27-15-16-48(21-28)35(27)34/h5-12,15-16,19,28-29,31,34H,13-14,17-18,20-22H2,1-4H3,(H,44,46)(H,45,52)(H,47,53)/t28-,29-,31-,34?/m0/s1. The van der Waals surface area contributed by atoms with Crippen molar-refractivity contribution < 1.29 is 42.2 Å². The molecule has 1 fully saturated rings. The number of aryl methyl sites for hydroxylation is 1. The van der Waals surface area contributed by atoms with Gasteiger partial charge in [-0.05, 0) is 61.9 Å². The second kappa shape index (κ2) is 15.0. The zero-order chi connectivity index (χ0) is 39.9. The molecule has 2 aromatic heterocycles. The van der Waals surface area contributed by atoms with Gasteiger partial charge in [-0.3, -0.25) is 19.3 Å². The van der Waals surface area contributed by atoms with Crippen molar-refractivity contribution in [2.45, 2.75) is 82.5 Å². The maximum atomic E-state index is 14.5. The Morgan fingerprint density at radius 2 is 1.68 bits per heavy atom. The van der Waals surface area contributed by atoms with Crippen molar-refractivity contribution in [1.82, 2.24) is 30.1 Å². The van der Waals surface area contributed by atoms with Crippen LogP contribution in [0.2, 0.25) is 0 Å². The Bertz CT molecular complexity index is 2150. The number of aromatic nitrogens is 3. The lowest BCUT2D eigenvalue weighted by molar-refractivity contribution is -0.130. The Balaban J connectivity index is 0.957. The maximum absolute atomic E-state index is 14.5. The number of Topliss-reactive ketones (excluding diaryl/α,β-unsaturated/α-hetero) is 2. The molecule has 2 aromatic carbocycles. The van der Waals surface area contributed by atoms with E-state index in [-0.39, 0.29) is 36.9 Å². The number of likely N-dealkylation sites (tertiary alicyclic amines) is 1. The number of alkyl carbamates (subject to hydrolysis) is 1. The first-order valence-corrected chi connectivity index (χ1v) is 18.6. The van der Waals surface area contributed by atoms with Crippen LogP contribution in [0.4, 0.5) is 18.4 Å². The van der Waals surface area contributed by atoms with Gasteiger partial charge in [0.15, 0.2) is 5.78 Å². The van der Waals surface area contributed by atoms with Gasteiger partial charge in [0.25, 0.3) is 5.92 Å². The Morgan fingerprint density at radius 3 is 2.36 bits per heavy atom. The van der Waals surface area contributed by atoms with Crippen LogP contribution in [-0.4, -0.2) is 86.9 Å². The third kappa shape index (κ3) is 8.07. The Kier molecular flexibility index (Phi) is 10.3. The van der Waals surface area contributed by atoms with E-state index < -0.39 is 66.5 Å². The molecule has 3 N–H and O–H groups in total. The number of carbonyl (C=O) groups excluding carboxylic acids is 5.